The number of morpholine rings is 1. The topological polar surface area (TPSA) is 101 Å². The first-order chi connectivity index (χ1) is 16.9. The molecule has 0 saturated carbocycles. The molecule has 5 heterocycles. The molecule has 10 nitrogen and oxygen atoms in total. The highest BCUT2D eigenvalue weighted by molar-refractivity contribution is 5.79. The van der Waals surface area contributed by atoms with E-state index in [1.165, 1.54) is 0 Å². The van der Waals surface area contributed by atoms with Gasteiger partial charge >= 0.3 is 0 Å². The average Bonchev–Trinajstić information content (AvgIpc) is 3.51. The lowest BCUT2D eigenvalue weighted by molar-refractivity contribution is -0.140. The molecule has 0 radical (unpaired) electrons. The van der Waals surface area contributed by atoms with Gasteiger partial charge in [-0.05, 0) is 37.5 Å². The van der Waals surface area contributed by atoms with Crippen LogP contribution in [0.25, 0.3) is 0 Å². The van der Waals surface area contributed by atoms with Crippen LogP contribution < -0.4 is 0 Å². The van der Waals surface area contributed by atoms with E-state index in [0.29, 0.717) is 57.8 Å². The molecule has 2 amide bonds. The van der Waals surface area contributed by atoms with E-state index >= 15 is 0 Å². The molecule has 1 spiro atoms. The molecule has 0 aliphatic carbocycles. The molecule has 1 unspecified atom stereocenters. The molecule has 4 saturated heterocycles. The third-order valence-electron chi connectivity index (χ3n) is 8.25. The number of carbonyl (C=O) groups excluding carboxylic acids is 2. The van der Waals surface area contributed by atoms with Crippen LogP contribution in [0.1, 0.15) is 69.7 Å². The number of piperidine rings is 1. The summed E-state index contributed by atoms with van der Waals surface area (Å²) in [6.45, 7) is 10.6. The van der Waals surface area contributed by atoms with E-state index in [4.69, 9.17) is 13.9 Å². The third kappa shape index (κ3) is 5.39. The number of hydrogen-bond donors (Lipinski definition) is 0. The molecule has 194 valence electrons. The zero-order valence-electron chi connectivity index (χ0n) is 21.1. The van der Waals surface area contributed by atoms with Gasteiger partial charge in [-0.1, -0.05) is 13.8 Å². The highest BCUT2D eigenvalue weighted by Crippen LogP contribution is 2.49. The molecule has 4 aliphatic rings. The fraction of sp³-hybridized carbons (Fsp3) is 0.840. The van der Waals surface area contributed by atoms with Gasteiger partial charge in [0.25, 0.3) is 0 Å². The van der Waals surface area contributed by atoms with E-state index in [2.05, 4.69) is 20.0 Å². The van der Waals surface area contributed by atoms with Gasteiger partial charge in [0.05, 0.1) is 25.8 Å². The highest BCUT2D eigenvalue weighted by atomic mass is 16.5. The summed E-state index contributed by atoms with van der Waals surface area (Å²) in [7, 11) is 0. The van der Waals surface area contributed by atoms with E-state index in [9.17, 15) is 9.59 Å². The molecule has 1 aromatic rings. The molecule has 4 aliphatic heterocycles. The van der Waals surface area contributed by atoms with Crippen LogP contribution in [0.5, 0.6) is 0 Å². The SMILES string of the molecule is CC(C)c1nnc(C2CC3(CCN(C(=O)C4CCOCC4)CC3)CN2CC(=O)N2CCOCC2)o1. The first-order valence-electron chi connectivity index (χ1n) is 13.2. The third-order valence-corrected chi connectivity index (χ3v) is 8.25. The van der Waals surface area contributed by atoms with Crippen molar-refractivity contribution in [3.8, 4) is 0 Å². The zero-order valence-corrected chi connectivity index (χ0v) is 21.1. The van der Waals surface area contributed by atoms with E-state index in [1.54, 1.807) is 0 Å². The summed E-state index contributed by atoms with van der Waals surface area (Å²) in [6, 6.07) is -0.0715. The maximum atomic E-state index is 13.1. The number of aromatic nitrogens is 2. The zero-order chi connectivity index (χ0) is 24.4. The van der Waals surface area contributed by atoms with Crippen molar-refractivity contribution in [1.29, 1.82) is 0 Å². The predicted octanol–water partition coefficient (Wildman–Crippen LogP) is 1.83. The first-order valence-corrected chi connectivity index (χ1v) is 13.2. The summed E-state index contributed by atoms with van der Waals surface area (Å²) in [5.41, 5.74) is 0.0505. The Balaban J connectivity index is 1.28. The molecule has 5 rings (SSSR count). The van der Waals surface area contributed by atoms with E-state index in [0.717, 1.165) is 51.7 Å². The molecule has 10 heteroatoms. The van der Waals surface area contributed by atoms with Gasteiger partial charge in [0.15, 0.2) is 0 Å². The Kier molecular flexibility index (Phi) is 7.41. The summed E-state index contributed by atoms with van der Waals surface area (Å²) in [6.07, 6.45) is 4.41. The van der Waals surface area contributed by atoms with Crippen LogP contribution in [0, 0.1) is 11.3 Å². The van der Waals surface area contributed by atoms with Crippen LogP contribution in [-0.4, -0.2) is 102 Å². The van der Waals surface area contributed by atoms with Gasteiger partial charge in [-0.2, -0.15) is 0 Å². The van der Waals surface area contributed by atoms with Crippen LogP contribution in [0.4, 0.5) is 0 Å². The van der Waals surface area contributed by atoms with Crippen molar-refractivity contribution in [2.75, 3.05) is 65.7 Å². The summed E-state index contributed by atoms with van der Waals surface area (Å²) in [4.78, 5) is 32.4. The Morgan fingerprint density at radius 2 is 1.66 bits per heavy atom. The molecule has 0 bridgehead atoms. The Morgan fingerprint density at radius 3 is 2.31 bits per heavy atom. The number of hydrogen-bond acceptors (Lipinski definition) is 8. The van der Waals surface area contributed by atoms with Crippen LogP contribution >= 0.6 is 0 Å². The van der Waals surface area contributed by atoms with E-state index < -0.39 is 0 Å². The van der Waals surface area contributed by atoms with Crippen molar-refractivity contribution in [2.24, 2.45) is 11.3 Å². The second-order valence-electron chi connectivity index (χ2n) is 11.0. The maximum Gasteiger partial charge on any atom is 0.236 e. The Morgan fingerprint density at radius 1 is 0.971 bits per heavy atom. The Labute approximate surface area is 207 Å². The molecular weight excluding hydrogens is 450 g/mol. The minimum absolute atomic E-state index is 0.0505. The quantitative estimate of drug-likeness (QED) is 0.618. The average molecular weight is 490 g/mol. The monoisotopic (exact) mass is 489 g/mol. The second kappa shape index (κ2) is 10.5. The summed E-state index contributed by atoms with van der Waals surface area (Å²) in [5.74, 6) is 1.93. The molecule has 0 N–H and O–H groups in total. The lowest BCUT2D eigenvalue weighted by atomic mass is 9.76. The van der Waals surface area contributed by atoms with Crippen molar-refractivity contribution in [2.45, 2.75) is 57.9 Å². The van der Waals surface area contributed by atoms with Gasteiger partial charge in [-0.3, -0.25) is 14.5 Å². The fourth-order valence-corrected chi connectivity index (χ4v) is 6.02. The second-order valence-corrected chi connectivity index (χ2v) is 11.0. The van der Waals surface area contributed by atoms with E-state index in [-0.39, 0.29) is 35.1 Å². The number of nitrogens with zero attached hydrogens (tertiary/aromatic N) is 5. The van der Waals surface area contributed by atoms with E-state index in [1.807, 2.05) is 18.7 Å². The largest absolute Gasteiger partial charge is 0.423 e. The summed E-state index contributed by atoms with van der Waals surface area (Å²) < 4.78 is 16.9. The molecule has 4 fully saturated rings. The Hall–Kier alpha value is -2.04. The minimum atomic E-state index is -0.0715. The van der Waals surface area contributed by atoms with Crippen molar-refractivity contribution in [3.63, 3.8) is 0 Å². The summed E-state index contributed by atoms with van der Waals surface area (Å²) >= 11 is 0. The molecular formula is C25H39N5O5. The molecule has 0 aromatic carbocycles. The Bertz CT molecular complexity index is 885. The normalized spacial score (nSPS) is 26.1. The van der Waals surface area contributed by atoms with Gasteiger partial charge in [0.1, 0.15) is 0 Å². The first kappa shape index (κ1) is 24.6. The van der Waals surface area contributed by atoms with Crippen molar-refractivity contribution in [1.82, 2.24) is 24.9 Å². The van der Waals surface area contributed by atoms with Gasteiger partial charge in [-0.25, -0.2) is 0 Å². The van der Waals surface area contributed by atoms with Crippen molar-refractivity contribution < 1.29 is 23.5 Å². The van der Waals surface area contributed by atoms with Crippen LogP contribution in [-0.2, 0) is 19.1 Å². The minimum Gasteiger partial charge on any atom is -0.423 e. The van der Waals surface area contributed by atoms with Crippen LogP contribution in [0.15, 0.2) is 4.42 Å². The molecule has 1 atom stereocenters. The smallest absolute Gasteiger partial charge is 0.236 e. The fourth-order valence-electron chi connectivity index (χ4n) is 6.02. The number of amides is 2. The maximum absolute atomic E-state index is 13.1. The highest BCUT2D eigenvalue weighted by Gasteiger charge is 2.49. The molecule has 1 aromatic heterocycles. The van der Waals surface area contributed by atoms with Gasteiger partial charge in [0, 0.05) is 57.8 Å². The van der Waals surface area contributed by atoms with Crippen molar-refractivity contribution in [3.05, 3.63) is 11.8 Å². The van der Waals surface area contributed by atoms with Crippen LogP contribution in [0.3, 0.4) is 0 Å². The van der Waals surface area contributed by atoms with Crippen molar-refractivity contribution >= 4 is 11.8 Å². The number of ether oxygens (including phenoxy) is 2. The predicted molar refractivity (Wildman–Crippen MR) is 127 cm³/mol. The van der Waals surface area contributed by atoms with Gasteiger partial charge < -0.3 is 23.7 Å². The number of carbonyl (C=O) groups is 2. The van der Waals surface area contributed by atoms with Gasteiger partial charge in [-0.15, -0.1) is 10.2 Å². The molecule has 35 heavy (non-hydrogen) atoms. The van der Waals surface area contributed by atoms with Crippen LogP contribution in [0.2, 0.25) is 0 Å². The standard InChI is InChI=1S/C25H39N5O5/c1-18(2)22-26-27-23(35-22)20-15-25(17-30(20)16-21(31)28-9-13-34-14-10-28)5-7-29(8-6-25)24(32)19-3-11-33-12-4-19/h18-20H,3-17H2,1-2H3. The van der Waals surface area contributed by atoms with Gasteiger partial charge in [0.2, 0.25) is 23.6 Å². The lowest BCUT2D eigenvalue weighted by Gasteiger charge is -2.41. The number of likely N-dealkylation sites (tertiary alicyclic amines) is 2. The number of rotatable bonds is 5. The summed E-state index contributed by atoms with van der Waals surface area (Å²) in [5, 5.41) is 8.66. The lowest BCUT2D eigenvalue weighted by Crippen LogP contribution is -2.48.